The predicted molar refractivity (Wildman–Crippen MR) is 55.5 cm³/mol. The summed E-state index contributed by atoms with van der Waals surface area (Å²) in [4.78, 5) is 1.55. The third kappa shape index (κ3) is 6.66. The van der Waals surface area contributed by atoms with Crippen LogP contribution in [0.4, 0.5) is 0 Å². The van der Waals surface area contributed by atoms with E-state index < -0.39 is 0 Å². The molecule has 0 bridgehead atoms. The summed E-state index contributed by atoms with van der Waals surface area (Å²) in [6.45, 7) is 12.9. The van der Waals surface area contributed by atoms with Gasteiger partial charge in [-0.2, -0.15) is 0 Å². The van der Waals surface area contributed by atoms with Crippen molar-refractivity contribution < 1.29 is 4.90 Å². The van der Waals surface area contributed by atoms with Gasteiger partial charge < -0.3 is 4.90 Å². The van der Waals surface area contributed by atoms with Crippen LogP contribution < -0.4 is 4.90 Å². The SMILES string of the molecule is C[NH+](C)CC(C)(C)CC(C)(C)C. The normalized spacial score (nSPS) is 14.0. The summed E-state index contributed by atoms with van der Waals surface area (Å²) < 4.78 is 0. The molecule has 0 atom stereocenters. The summed E-state index contributed by atoms with van der Waals surface area (Å²) in [7, 11) is 4.45. The summed E-state index contributed by atoms with van der Waals surface area (Å²) in [5.41, 5.74) is 0.927. The number of hydrogen-bond donors (Lipinski definition) is 1. The Morgan fingerprint density at radius 2 is 1.33 bits per heavy atom. The second-order valence-electron chi connectivity index (χ2n) is 6.29. The quantitative estimate of drug-likeness (QED) is 0.659. The van der Waals surface area contributed by atoms with Crippen molar-refractivity contribution >= 4 is 0 Å². The number of hydrogen-bond acceptors (Lipinski definition) is 0. The first-order valence-electron chi connectivity index (χ1n) is 4.91. The highest BCUT2D eigenvalue weighted by Gasteiger charge is 2.27. The van der Waals surface area contributed by atoms with Crippen molar-refractivity contribution in [1.29, 1.82) is 0 Å². The maximum Gasteiger partial charge on any atom is 0.0818 e. The molecule has 0 saturated heterocycles. The number of nitrogens with one attached hydrogen (secondary N) is 1. The van der Waals surface area contributed by atoms with Gasteiger partial charge in [-0.1, -0.05) is 34.6 Å². The molecule has 0 aliphatic rings. The fourth-order valence-corrected chi connectivity index (χ4v) is 2.46. The predicted octanol–water partition coefficient (Wildman–Crippen LogP) is 1.59. The van der Waals surface area contributed by atoms with Gasteiger partial charge in [0.25, 0.3) is 0 Å². The minimum atomic E-state index is 0.457. The lowest BCUT2D eigenvalue weighted by Gasteiger charge is -2.32. The van der Waals surface area contributed by atoms with Crippen molar-refractivity contribution in [3.05, 3.63) is 0 Å². The Morgan fingerprint density at radius 1 is 0.917 bits per heavy atom. The number of rotatable bonds is 3. The van der Waals surface area contributed by atoms with Gasteiger partial charge >= 0.3 is 0 Å². The maximum atomic E-state index is 2.37. The molecule has 0 radical (unpaired) electrons. The summed E-state index contributed by atoms with van der Waals surface area (Å²) >= 11 is 0. The Labute approximate surface area is 78.1 Å². The summed E-state index contributed by atoms with van der Waals surface area (Å²) in [5, 5.41) is 0. The molecule has 0 heterocycles. The molecule has 74 valence electrons. The lowest BCUT2D eigenvalue weighted by molar-refractivity contribution is -0.865. The molecular formula is C11H26N+. The molecule has 0 unspecified atom stereocenters. The van der Waals surface area contributed by atoms with Gasteiger partial charge in [0, 0.05) is 5.41 Å². The molecule has 0 aromatic carbocycles. The van der Waals surface area contributed by atoms with Crippen LogP contribution in [-0.2, 0) is 0 Å². The molecule has 1 N–H and O–H groups in total. The van der Waals surface area contributed by atoms with Crippen LogP contribution >= 0.6 is 0 Å². The molecular weight excluding hydrogens is 146 g/mol. The molecule has 0 rings (SSSR count). The fraction of sp³-hybridized carbons (Fsp3) is 1.00. The highest BCUT2D eigenvalue weighted by molar-refractivity contribution is 4.75. The summed E-state index contributed by atoms with van der Waals surface area (Å²) in [6, 6.07) is 0. The molecule has 12 heavy (non-hydrogen) atoms. The Hall–Kier alpha value is -0.0400. The third-order valence-electron chi connectivity index (χ3n) is 1.84. The molecule has 0 spiro atoms. The first-order chi connectivity index (χ1) is 5.12. The average Bonchev–Trinajstić information content (AvgIpc) is 1.48. The first kappa shape index (κ1) is 12.0. The van der Waals surface area contributed by atoms with Crippen LogP contribution in [0.25, 0.3) is 0 Å². The van der Waals surface area contributed by atoms with E-state index in [0.29, 0.717) is 10.8 Å². The van der Waals surface area contributed by atoms with E-state index in [1.165, 1.54) is 13.0 Å². The standard InChI is InChI=1S/C11H25N/c1-10(2,3)8-11(4,5)9-12(6)7/h8-9H2,1-7H3/p+1. The second kappa shape index (κ2) is 3.78. The molecule has 1 nitrogen and oxygen atoms in total. The molecule has 0 aromatic heterocycles. The van der Waals surface area contributed by atoms with E-state index in [1.807, 2.05) is 0 Å². The largest absolute Gasteiger partial charge is 0.339 e. The Morgan fingerprint density at radius 3 is 1.58 bits per heavy atom. The van der Waals surface area contributed by atoms with Crippen LogP contribution in [0.3, 0.4) is 0 Å². The molecule has 1 heteroatoms. The van der Waals surface area contributed by atoms with E-state index >= 15 is 0 Å². The van der Waals surface area contributed by atoms with E-state index in [0.717, 1.165) is 0 Å². The van der Waals surface area contributed by atoms with Crippen molar-refractivity contribution in [1.82, 2.24) is 0 Å². The highest BCUT2D eigenvalue weighted by Crippen LogP contribution is 2.31. The smallest absolute Gasteiger partial charge is 0.0818 e. The van der Waals surface area contributed by atoms with Crippen LogP contribution in [0.2, 0.25) is 0 Å². The Bertz CT molecular complexity index is 128. The van der Waals surface area contributed by atoms with E-state index in [1.54, 1.807) is 4.90 Å². The van der Waals surface area contributed by atoms with Crippen LogP contribution in [0.5, 0.6) is 0 Å². The van der Waals surface area contributed by atoms with Gasteiger partial charge in [-0.3, -0.25) is 0 Å². The van der Waals surface area contributed by atoms with E-state index in [2.05, 4.69) is 48.7 Å². The minimum Gasteiger partial charge on any atom is -0.339 e. The molecule has 0 fully saturated rings. The average molecular weight is 172 g/mol. The van der Waals surface area contributed by atoms with Crippen molar-refractivity contribution in [2.24, 2.45) is 10.8 Å². The molecule has 0 saturated carbocycles. The zero-order valence-electron chi connectivity index (χ0n) is 9.91. The fourth-order valence-electron chi connectivity index (χ4n) is 2.46. The van der Waals surface area contributed by atoms with Gasteiger partial charge in [0.05, 0.1) is 20.6 Å². The van der Waals surface area contributed by atoms with Gasteiger partial charge in [0.15, 0.2) is 0 Å². The third-order valence-corrected chi connectivity index (χ3v) is 1.84. The molecule has 0 aliphatic heterocycles. The van der Waals surface area contributed by atoms with Crippen molar-refractivity contribution in [2.45, 2.75) is 41.0 Å². The van der Waals surface area contributed by atoms with Crippen LogP contribution in [0.1, 0.15) is 41.0 Å². The first-order valence-corrected chi connectivity index (χ1v) is 4.91. The van der Waals surface area contributed by atoms with E-state index in [9.17, 15) is 0 Å². The molecule has 0 aliphatic carbocycles. The zero-order chi connectivity index (χ0) is 9.99. The van der Waals surface area contributed by atoms with Crippen LogP contribution in [0, 0.1) is 10.8 Å². The van der Waals surface area contributed by atoms with Gasteiger partial charge in [0.2, 0.25) is 0 Å². The van der Waals surface area contributed by atoms with Gasteiger partial charge in [-0.15, -0.1) is 0 Å². The summed E-state index contributed by atoms with van der Waals surface area (Å²) in [6.07, 6.45) is 1.30. The van der Waals surface area contributed by atoms with Crippen molar-refractivity contribution in [3.63, 3.8) is 0 Å². The minimum absolute atomic E-state index is 0.457. The second-order valence-corrected chi connectivity index (χ2v) is 6.29. The van der Waals surface area contributed by atoms with Crippen molar-refractivity contribution in [3.8, 4) is 0 Å². The maximum absolute atomic E-state index is 2.37. The number of quaternary nitrogens is 1. The topological polar surface area (TPSA) is 4.44 Å². The van der Waals surface area contributed by atoms with Gasteiger partial charge in [-0.05, 0) is 11.8 Å². The van der Waals surface area contributed by atoms with Gasteiger partial charge in [0.1, 0.15) is 0 Å². The lowest BCUT2D eigenvalue weighted by atomic mass is 9.76. The highest BCUT2D eigenvalue weighted by atomic mass is 15.1. The van der Waals surface area contributed by atoms with E-state index in [-0.39, 0.29) is 0 Å². The Kier molecular flexibility index (Phi) is 3.77. The zero-order valence-corrected chi connectivity index (χ0v) is 9.91. The van der Waals surface area contributed by atoms with Gasteiger partial charge in [-0.25, -0.2) is 0 Å². The summed E-state index contributed by atoms with van der Waals surface area (Å²) in [5.74, 6) is 0. The lowest BCUT2D eigenvalue weighted by Crippen LogP contribution is -3.07. The monoisotopic (exact) mass is 172 g/mol. The Balaban J connectivity index is 4.04. The van der Waals surface area contributed by atoms with E-state index in [4.69, 9.17) is 0 Å². The van der Waals surface area contributed by atoms with Crippen LogP contribution in [0.15, 0.2) is 0 Å². The van der Waals surface area contributed by atoms with Crippen LogP contribution in [-0.4, -0.2) is 20.6 Å². The van der Waals surface area contributed by atoms with Crippen molar-refractivity contribution in [2.75, 3.05) is 20.6 Å². The molecule has 0 amide bonds. The molecule has 0 aromatic rings.